The molecule has 0 aliphatic heterocycles. The molecule has 0 spiro atoms. The van der Waals surface area contributed by atoms with Gasteiger partial charge in [0.15, 0.2) is 0 Å². The van der Waals surface area contributed by atoms with Gasteiger partial charge in [-0.15, -0.1) is 0 Å². The Labute approximate surface area is 83.1 Å². The maximum atomic E-state index is 11.0. The highest BCUT2D eigenvalue weighted by Gasteiger charge is 2.08. The summed E-state index contributed by atoms with van der Waals surface area (Å²) in [6.45, 7) is 2.16. The van der Waals surface area contributed by atoms with Gasteiger partial charge in [-0.05, 0) is 12.5 Å². The van der Waals surface area contributed by atoms with Crippen molar-refractivity contribution in [3.8, 4) is 0 Å². The second-order valence-corrected chi connectivity index (χ2v) is 3.10. The van der Waals surface area contributed by atoms with E-state index in [0.29, 0.717) is 5.06 Å². The van der Waals surface area contributed by atoms with Crippen LogP contribution in [0, 0.1) is 6.92 Å². The molecule has 0 fully saturated rings. The van der Waals surface area contributed by atoms with Crippen molar-refractivity contribution < 1.29 is 10.0 Å². The van der Waals surface area contributed by atoms with Crippen LogP contribution in [0.1, 0.15) is 11.1 Å². The first-order chi connectivity index (χ1) is 6.63. The van der Waals surface area contributed by atoms with Gasteiger partial charge in [-0.1, -0.05) is 29.8 Å². The Morgan fingerprint density at radius 2 is 2.29 bits per heavy atom. The largest absolute Gasteiger partial charge is 0.341 e. The first-order valence-corrected chi connectivity index (χ1v) is 4.37. The molecule has 14 heavy (non-hydrogen) atoms. The monoisotopic (exact) mass is 194 g/mol. The summed E-state index contributed by atoms with van der Waals surface area (Å²) >= 11 is 0. The van der Waals surface area contributed by atoms with E-state index in [0.717, 1.165) is 11.1 Å². The van der Waals surface area contributed by atoms with Gasteiger partial charge in [-0.25, -0.2) is 9.86 Å². The molecule has 0 aromatic heterocycles. The van der Waals surface area contributed by atoms with Gasteiger partial charge in [0.2, 0.25) is 0 Å². The third kappa shape index (κ3) is 2.74. The second kappa shape index (κ2) is 4.62. The first-order valence-electron chi connectivity index (χ1n) is 4.37. The molecule has 1 aromatic rings. The molecule has 0 bridgehead atoms. The van der Waals surface area contributed by atoms with Crippen molar-refractivity contribution in [3.63, 3.8) is 0 Å². The molecule has 0 heterocycles. The topological polar surface area (TPSA) is 52.6 Å². The lowest BCUT2D eigenvalue weighted by Crippen LogP contribution is -2.34. The number of hydrogen-bond acceptors (Lipinski definition) is 2. The molecule has 0 unspecified atom stereocenters. The van der Waals surface area contributed by atoms with Gasteiger partial charge in [0.05, 0.1) is 6.54 Å². The molecule has 4 nitrogen and oxygen atoms in total. The minimum absolute atomic E-state index is 0.196. The van der Waals surface area contributed by atoms with Crippen molar-refractivity contribution in [2.24, 2.45) is 0 Å². The van der Waals surface area contributed by atoms with E-state index in [1.807, 2.05) is 31.2 Å². The molecule has 0 saturated carbocycles. The summed E-state index contributed by atoms with van der Waals surface area (Å²) in [6.07, 6.45) is 0. The summed E-state index contributed by atoms with van der Waals surface area (Å²) in [5, 5.41) is 12.3. The Morgan fingerprint density at radius 1 is 1.57 bits per heavy atom. The highest BCUT2D eigenvalue weighted by Crippen LogP contribution is 2.06. The number of hydrogen-bond donors (Lipinski definition) is 2. The fourth-order valence-corrected chi connectivity index (χ4v) is 1.18. The number of aryl methyl sites for hydroxylation is 1. The van der Waals surface area contributed by atoms with Crippen LogP contribution in [0.3, 0.4) is 0 Å². The lowest BCUT2D eigenvalue weighted by Gasteiger charge is -2.14. The SMILES string of the molecule is CNC(=O)N(O)Cc1cccc(C)c1. The number of urea groups is 1. The van der Waals surface area contributed by atoms with Crippen LogP contribution in [-0.4, -0.2) is 23.3 Å². The number of nitrogens with one attached hydrogen (secondary N) is 1. The van der Waals surface area contributed by atoms with Crippen molar-refractivity contribution in [1.29, 1.82) is 0 Å². The van der Waals surface area contributed by atoms with Crippen LogP contribution in [0.25, 0.3) is 0 Å². The Morgan fingerprint density at radius 3 is 2.86 bits per heavy atom. The zero-order valence-electron chi connectivity index (χ0n) is 8.32. The van der Waals surface area contributed by atoms with Crippen LogP contribution in [0.5, 0.6) is 0 Å². The van der Waals surface area contributed by atoms with Crippen LogP contribution in [0.4, 0.5) is 4.79 Å². The van der Waals surface area contributed by atoms with Gasteiger partial charge in [0.25, 0.3) is 0 Å². The molecule has 4 heteroatoms. The molecule has 0 aliphatic carbocycles. The number of nitrogens with zero attached hydrogens (tertiary/aromatic N) is 1. The van der Waals surface area contributed by atoms with E-state index in [9.17, 15) is 10.0 Å². The minimum atomic E-state index is -0.508. The number of carbonyl (C=O) groups is 1. The van der Waals surface area contributed by atoms with E-state index in [1.165, 1.54) is 7.05 Å². The smallest absolute Gasteiger partial charge is 0.339 e. The van der Waals surface area contributed by atoms with Gasteiger partial charge in [0, 0.05) is 7.05 Å². The van der Waals surface area contributed by atoms with E-state index >= 15 is 0 Å². The van der Waals surface area contributed by atoms with Gasteiger partial charge in [0.1, 0.15) is 0 Å². The second-order valence-electron chi connectivity index (χ2n) is 3.10. The number of hydroxylamine groups is 2. The molecule has 2 amide bonds. The number of rotatable bonds is 2. The molecule has 1 aromatic carbocycles. The molecular weight excluding hydrogens is 180 g/mol. The number of benzene rings is 1. The van der Waals surface area contributed by atoms with Crippen LogP contribution < -0.4 is 5.32 Å². The van der Waals surface area contributed by atoms with E-state index < -0.39 is 6.03 Å². The molecule has 0 radical (unpaired) electrons. The van der Waals surface area contributed by atoms with Crippen molar-refractivity contribution >= 4 is 6.03 Å². The van der Waals surface area contributed by atoms with Crippen LogP contribution in [0.15, 0.2) is 24.3 Å². The fourth-order valence-electron chi connectivity index (χ4n) is 1.18. The molecular formula is C10H14N2O2. The Balaban J connectivity index is 2.64. The third-order valence-electron chi connectivity index (χ3n) is 1.86. The predicted octanol–water partition coefficient (Wildman–Crippen LogP) is 1.53. The lowest BCUT2D eigenvalue weighted by atomic mass is 10.1. The maximum Gasteiger partial charge on any atom is 0.341 e. The fraction of sp³-hybridized carbons (Fsp3) is 0.300. The van der Waals surface area contributed by atoms with Crippen LogP contribution in [0.2, 0.25) is 0 Å². The summed E-state index contributed by atoms with van der Waals surface area (Å²) in [5.74, 6) is 0. The van der Waals surface area contributed by atoms with E-state index in [2.05, 4.69) is 5.32 Å². The van der Waals surface area contributed by atoms with Crippen LogP contribution in [-0.2, 0) is 6.54 Å². The van der Waals surface area contributed by atoms with Gasteiger partial charge in [-0.3, -0.25) is 5.21 Å². The van der Waals surface area contributed by atoms with Gasteiger partial charge < -0.3 is 5.32 Å². The molecule has 2 N–H and O–H groups in total. The third-order valence-corrected chi connectivity index (χ3v) is 1.86. The summed E-state index contributed by atoms with van der Waals surface area (Å²) in [5.41, 5.74) is 2.00. The first kappa shape index (κ1) is 10.5. The average Bonchev–Trinajstić information content (AvgIpc) is 2.16. The van der Waals surface area contributed by atoms with E-state index in [-0.39, 0.29) is 6.54 Å². The number of amides is 2. The highest BCUT2D eigenvalue weighted by molar-refractivity contribution is 5.72. The Hall–Kier alpha value is -1.55. The molecule has 0 atom stereocenters. The zero-order chi connectivity index (χ0) is 10.6. The van der Waals surface area contributed by atoms with Crippen LogP contribution >= 0.6 is 0 Å². The Kier molecular flexibility index (Phi) is 3.48. The molecule has 0 aliphatic rings. The average molecular weight is 194 g/mol. The lowest BCUT2D eigenvalue weighted by molar-refractivity contribution is -0.0501. The van der Waals surface area contributed by atoms with Gasteiger partial charge >= 0.3 is 6.03 Å². The number of carbonyl (C=O) groups excluding carboxylic acids is 1. The molecule has 1 rings (SSSR count). The summed E-state index contributed by atoms with van der Waals surface area (Å²) in [4.78, 5) is 11.0. The van der Waals surface area contributed by atoms with E-state index in [1.54, 1.807) is 0 Å². The predicted molar refractivity (Wildman–Crippen MR) is 53.0 cm³/mol. The van der Waals surface area contributed by atoms with Gasteiger partial charge in [-0.2, -0.15) is 0 Å². The maximum absolute atomic E-state index is 11.0. The minimum Gasteiger partial charge on any atom is -0.339 e. The zero-order valence-corrected chi connectivity index (χ0v) is 8.32. The normalized spacial score (nSPS) is 9.64. The quantitative estimate of drug-likeness (QED) is 0.554. The molecule has 0 saturated heterocycles. The van der Waals surface area contributed by atoms with Crippen molar-refractivity contribution in [1.82, 2.24) is 10.4 Å². The van der Waals surface area contributed by atoms with Crippen molar-refractivity contribution in [2.45, 2.75) is 13.5 Å². The summed E-state index contributed by atoms with van der Waals surface area (Å²) in [7, 11) is 1.47. The Bertz CT molecular complexity index is 326. The van der Waals surface area contributed by atoms with Crippen molar-refractivity contribution in [3.05, 3.63) is 35.4 Å². The molecule has 76 valence electrons. The highest BCUT2D eigenvalue weighted by atomic mass is 16.5. The standard InChI is InChI=1S/C10H14N2O2/c1-8-4-3-5-9(6-8)7-12(14)10(13)11-2/h3-6,14H,7H2,1-2H3,(H,11,13). The van der Waals surface area contributed by atoms with E-state index in [4.69, 9.17) is 0 Å². The summed E-state index contributed by atoms with van der Waals surface area (Å²) < 4.78 is 0. The summed E-state index contributed by atoms with van der Waals surface area (Å²) in [6, 6.07) is 7.13. The van der Waals surface area contributed by atoms with Crippen molar-refractivity contribution in [2.75, 3.05) is 7.05 Å².